The van der Waals surface area contributed by atoms with E-state index < -0.39 is 5.97 Å². The van der Waals surface area contributed by atoms with Crippen LogP contribution in [0.5, 0.6) is 0 Å². The van der Waals surface area contributed by atoms with Crippen LogP contribution in [0.25, 0.3) is 10.9 Å². The van der Waals surface area contributed by atoms with Crippen LogP contribution >= 0.6 is 0 Å². The Morgan fingerprint density at radius 1 is 0.722 bits per heavy atom. The summed E-state index contributed by atoms with van der Waals surface area (Å²) in [7, 11) is 0. The van der Waals surface area contributed by atoms with Gasteiger partial charge < -0.3 is 15.7 Å². The van der Waals surface area contributed by atoms with Gasteiger partial charge in [-0.05, 0) is 78.2 Å². The van der Waals surface area contributed by atoms with Crippen LogP contribution in [-0.2, 0) is 6.42 Å². The zero-order valence-electron chi connectivity index (χ0n) is 19.3. The van der Waals surface area contributed by atoms with Gasteiger partial charge in [0, 0.05) is 34.2 Å². The van der Waals surface area contributed by atoms with E-state index in [9.17, 15) is 14.7 Å². The smallest absolute Gasteiger partial charge is 0.335 e. The normalized spacial score (nSPS) is 10.7. The summed E-state index contributed by atoms with van der Waals surface area (Å²) in [6.45, 7) is 0. The number of fused-ring (bicyclic) bond motifs is 1. The molecule has 1 aromatic heterocycles. The summed E-state index contributed by atoms with van der Waals surface area (Å²) in [6.07, 6.45) is 2.51. The molecule has 5 aromatic rings. The summed E-state index contributed by atoms with van der Waals surface area (Å²) in [6, 6.07) is 31.8. The van der Waals surface area contributed by atoms with Crippen molar-refractivity contribution in [2.45, 2.75) is 6.42 Å². The highest BCUT2D eigenvalue weighted by Gasteiger charge is 2.10. The number of anilines is 3. The number of rotatable bonds is 7. The molecule has 0 aliphatic carbocycles. The summed E-state index contributed by atoms with van der Waals surface area (Å²) in [5, 5.41) is 16.2. The van der Waals surface area contributed by atoms with Crippen molar-refractivity contribution in [1.29, 1.82) is 0 Å². The summed E-state index contributed by atoms with van der Waals surface area (Å²) >= 11 is 0. The van der Waals surface area contributed by atoms with Gasteiger partial charge >= 0.3 is 5.97 Å². The summed E-state index contributed by atoms with van der Waals surface area (Å²) < 4.78 is 0. The highest BCUT2D eigenvalue weighted by Crippen LogP contribution is 2.26. The molecule has 1 heterocycles. The first kappa shape index (κ1) is 22.8. The first-order valence-electron chi connectivity index (χ1n) is 11.5. The Morgan fingerprint density at radius 3 is 2.11 bits per heavy atom. The van der Waals surface area contributed by atoms with Gasteiger partial charge in [-0.3, -0.25) is 9.78 Å². The van der Waals surface area contributed by atoms with Crippen molar-refractivity contribution in [2.24, 2.45) is 0 Å². The van der Waals surface area contributed by atoms with Gasteiger partial charge in [0.1, 0.15) is 0 Å². The number of nitrogens with zero attached hydrogens (tertiary/aromatic N) is 1. The number of carboxylic acid groups (broad SMARTS) is 1. The van der Waals surface area contributed by atoms with Crippen LogP contribution in [0.3, 0.4) is 0 Å². The van der Waals surface area contributed by atoms with E-state index in [0.29, 0.717) is 16.5 Å². The van der Waals surface area contributed by atoms with Crippen molar-refractivity contribution in [3.63, 3.8) is 0 Å². The molecular weight excluding hydrogens is 450 g/mol. The molecule has 0 radical (unpaired) electrons. The molecule has 3 N–H and O–H groups in total. The minimum atomic E-state index is -0.993. The minimum Gasteiger partial charge on any atom is -0.478 e. The van der Waals surface area contributed by atoms with Gasteiger partial charge in [0.05, 0.1) is 11.1 Å². The number of benzene rings is 4. The summed E-state index contributed by atoms with van der Waals surface area (Å²) in [4.78, 5) is 28.4. The van der Waals surface area contributed by atoms with Gasteiger partial charge in [-0.1, -0.05) is 42.5 Å². The van der Waals surface area contributed by atoms with Crippen LogP contribution in [0, 0.1) is 0 Å². The van der Waals surface area contributed by atoms with E-state index in [4.69, 9.17) is 0 Å². The monoisotopic (exact) mass is 473 g/mol. The lowest BCUT2D eigenvalue weighted by Crippen LogP contribution is -2.11. The van der Waals surface area contributed by atoms with Crippen LogP contribution in [0.2, 0.25) is 0 Å². The molecule has 0 aliphatic heterocycles. The van der Waals surface area contributed by atoms with Gasteiger partial charge in [0.15, 0.2) is 0 Å². The molecule has 6 nitrogen and oxygen atoms in total. The lowest BCUT2D eigenvalue weighted by molar-refractivity contribution is 0.0697. The van der Waals surface area contributed by atoms with Gasteiger partial charge in [-0.2, -0.15) is 0 Å². The fourth-order valence-electron chi connectivity index (χ4n) is 3.99. The molecule has 176 valence electrons. The number of carboxylic acids is 1. The Hall–Kier alpha value is -4.97. The lowest BCUT2D eigenvalue weighted by atomic mass is 10.0. The molecule has 36 heavy (non-hydrogen) atoms. The maximum atomic E-state index is 12.7. The molecule has 0 aliphatic rings. The Balaban J connectivity index is 1.25. The number of hydrogen-bond acceptors (Lipinski definition) is 4. The van der Waals surface area contributed by atoms with Gasteiger partial charge in [-0.15, -0.1) is 0 Å². The maximum Gasteiger partial charge on any atom is 0.335 e. The second-order valence-corrected chi connectivity index (χ2v) is 8.41. The third-order valence-electron chi connectivity index (χ3n) is 5.88. The van der Waals surface area contributed by atoms with Crippen LogP contribution in [0.15, 0.2) is 109 Å². The molecular formula is C30H23N3O3. The second-order valence-electron chi connectivity index (χ2n) is 8.41. The average Bonchev–Trinajstić information content (AvgIpc) is 2.91. The van der Waals surface area contributed by atoms with Crippen LogP contribution in [0.4, 0.5) is 17.1 Å². The third kappa shape index (κ3) is 5.23. The minimum absolute atomic E-state index is 0.193. The fraction of sp³-hybridized carbons (Fsp3) is 0.0333. The molecule has 0 unspecified atom stereocenters. The number of nitrogens with one attached hydrogen (secondary N) is 2. The maximum absolute atomic E-state index is 12.7. The standard InChI is InChI=1S/C30H23N3O3/c34-29(33-25-11-6-21(7-12-25)18-20-4-2-1-3-5-20)22-8-13-24(14-9-22)32-28-16-17-31-27-15-10-23(30(35)36)19-26(27)28/h1-17,19H,18H2,(H,31,32)(H,33,34)(H,35,36). The topological polar surface area (TPSA) is 91.3 Å². The molecule has 6 heteroatoms. The van der Waals surface area contributed by atoms with Crippen LogP contribution < -0.4 is 10.6 Å². The molecule has 0 spiro atoms. The van der Waals surface area contributed by atoms with Crippen molar-refractivity contribution in [1.82, 2.24) is 4.98 Å². The van der Waals surface area contributed by atoms with E-state index in [-0.39, 0.29) is 11.5 Å². The zero-order chi connectivity index (χ0) is 24.9. The molecule has 1 amide bonds. The molecule has 0 atom stereocenters. The predicted molar refractivity (Wildman–Crippen MR) is 142 cm³/mol. The Kier molecular flexibility index (Phi) is 6.40. The van der Waals surface area contributed by atoms with E-state index >= 15 is 0 Å². The summed E-state index contributed by atoms with van der Waals surface area (Å²) in [5.74, 6) is -1.19. The molecule has 0 saturated heterocycles. The Bertz CT molecular complexity index is 1530. The second kappa shape index (κ2) is 10.1. The highest BCUT2D eigenvalue weighted by atomic mass is 16.4. The molecule has 0 bridgehead atoms. The first-order chi connectivity index (χ1) is 17.5. The molecule has 0 fully saturated rings. The number of amides is 1. The van der Waals surface area contributed by atoms with E-state index in [2.05, 4.69) is 27.8 Å². The zero-order valence-corrected chi connectivity index (χ0v) is 19.3. The van der Waals surface area contributed by atoms with E-state index in [1.54, 1.807) is 36.5 Å². The number of carbonyl (C=O) groups excluding carboxylic acids is 1. The quantitative estimate of drug-likeness (QED) is 0.250. The van der Waals surface area contributed by atoms with Crippen molar-refractivity contribution in [2.75, 3.05) is 10.6 Å². The fourth-order valence-corrected chi connectivity index (χ4v) is 3.99. The van der Waals surface area contributed by atoms with Crippen molar-refractivity contribution in [3.05, 3.63) is 132 Å². The number of hydrogen-bond donors (Lipinski definition) is 3. The van der Waals surface area contributed by atoms with Crippen molar-refractivity contribution >= 4 is 39.8 Å². The lowest BCUT2D eigenvalue weighted by Gasteiger charge is -2.11. The van der Waals surface area contributed by atoms with Crippen LogP contribution in [0.1, 0.15) is 31.8 Å². The van der Waals surface area contributed by atoms with Crippen LogP contribution in [-0.4, -0.2) is 22.0 Å². The van der Waals surface area contributed by atoms with E-state index in [1.807, 2.05) is 54.6 Å². The SMILES string of the molecule is O=C(O)c1ccc2nccc(Nc3ccc(C(=O)Nc4ccc(Cc5ccccc5)cc4)cc3)c2c1. The number of pyridine rings is 1. The van der Waals surface area contributed by atoms with Crippen molar-refractivity contribution in [3.8, 4) is 0 Å². The highest BCUT2D eigenvalue weighted by molar-refractivity contribution is 6.04. The Labute approximate surface area is 208 Å². The van der Waals surface area contributed by atoms with Gasteiger partial charge in [-0.25, -0.2) is 4.79 Å². The van der Waals surface area contributed by atoms with Crippen molar-refractivity contribution < 1.29 is 14.7 Å². The molecule has 4 aromatic carbocycles. The number of aromatic nitrogens is 1. The van der Waals surface area contributed by atoms with Gasteiger partial charge in [0.25, 0.3) is 5.91 Å². The number of aromatic carboxylic acids is 1. The number of carbonyl (C=O) groups is 2. The molecule has 0 saturated carbocycles. The largest absolute Gasteiger partial charge is 0.478 e. The predicted octanol–water partition coefficient (Wildman–Crippen LogP) is 6.52. The third-order valence-corrected chi connectivity index (χ3v) is 5.88. The Morgan fingerprint density at radius 2 is 1.39 bits per heavy atom. The first-order valence-corrected chi connectivity index (χ1v) is 11.5. The average molecular weight is 474 g/mol. The van der Waals surface area contributed by atoms with E-state index in [1.165, 1.54) is 17.2 Å². The summed E-state index contributed by atoms with van der Waals surface area (Å²) in [5.41, 5.74) is 6.06. The molecule has 5 rings (SSSR count). The van der Waals surface area contributed by atoms with E-state index in [0.717, 1.165) is 23.5 Å². The van der Waals surface area contributed by atoms with Gasteiger partial charge in [0.2, 0.25) is 0 Å².